The first-order valence-corrected chi connectivity index (χ1v) is 10.6. The van der Waals surface area contributed by atoms with Crippen molar-refractivity contribution in [3.05, 3.63) is 42.2 Å². The van der Waals surface area contributed by atoms with Gasteiger partial charge in [0.05, 0.1) is 14.2 Å². The van der Waals surface area contributed by atoms with E-state index in [0.717, 1.165) is 30.2 Å². The first kappa shape index (κ1) is 26.4. The zero-order chi connectivity index (χ0) is 22.8. The van der Waals surface area contributed by atoms with Gasteiger partial charge in [0, 0.05) is 76.8 Å². The van der Waals surface area contributed by atoms with Gasteiger partial charge in [0.1, 0.15) is 11.5 Å². The number of halogens is 1. The number of aliphatic imine (C=N–C) groups is 1. The molecule has 0 atom stereocenters. The number of ether oxygens (including phenoxy) is 2. The number of nitrogens with zero attached hydrogens (tertiary/aromatic N) is 5. The highest BCUT2D eigenvalue weighted by Gasteiger charge is 2.22. The topological polar surface area (TPSA) is 104 Å². The van der Waals surface area contributed by atoms with Crippen LogP contribution in [0.1, 0.15) is 12.0 Å². The van der Waals surface area contributed by atoms with E-state index in [4.69, 9.17) is 9.47 Å². The average Bonchev–Trinajstić information content (AvgIpc) is 2.86. The summed E-state index contributed by atoms with van der Waals surface area (Å²) in [6.07, 6.45) is 3.86. The van der Waals surface area contributed by atoms with Crippen LogP contribution in [0.3, 0.4) is 0 Å². The molecule has 1 aromatic heterocycles. The Morgan fingerprint density at radius 1 is 1.09 bits per heavy atom. The highest BCUT2D eigenvalue weighted by atomic mass is 127. The molecule has 2 heterocycles. The quantitative estimate of drug-likeness (QED) is 0.280. The summed E-state index contributed by atoms with van der Waals surface area (Å²) >= 11 is 0. The fraction of sp³-hybridized carbons (Fsp3) is 0.455. The van der Waals surface area contributed by atoms with E-state index in [2.05, 4.69) is 30.5 Å². The number of benzene rings is 1. The predicted octanol–water partition coefficient (Wildman–Crippen LogP) is 1.52. The van der Waals surface area contributed by atoms with Crippen LogP contribution in [0.5, 0.6) is 11.5 Å². The molecule has 0 radical (unpaired) electrons. The van der Waals surface area contributed by atoms with E-state index in [-0.39, 0.29) is 29.9 Å². The van der Waals surface area contributed by atoms with Gasteiger partial charge in [-0.1, -0.05) is 0 Å². The minimum absolute atomic E-state index is 0. The van der Waals surface area contributed by atoms with Crippen LogP contribution < -0.4 is 25.0 Å². The molecule has 3 rings (SSSR count). The molecule has 0 unspecified atom stereocenters. The number of hydrogen-bond acceptors (Lipinski definition) is 7. The Hall–Kier alpha value is -2.83. The van der Waals surface area contributed by atoms with E-state index in [1.165, 1.54) is 0 Å². The van der Waals surface area contributed by atoms with E-state index in [1.807, 2.05) is 23.1 Å². The number of piperazine rings is 1. The normalized spacial score (nSPS) is 13.7. The van der Waals surface area contributed by atoms with E-state index in [9.17, 15) is 4.79 Å². The van der Waals surface area contributed by atoms with Crippen LogP contribution in [0.15, 0.2) is 41.7 Å². The highest BCUT2D eigenvalue weighted by Crippen LogP contribution is 2.24. The second kappa shape index (κ2) is 13.7. The van der Waals surface area contributed by atoms with Crippen molar-refractivity contribution in [2.75, 3.05) is 58.9 Å². The highest BCUT2D eigenvalue weighted by molar-refractivity contribution is 14.0. The molecule has 1 saturated heterocycles. The molecule has 2 aromatic rings. The maximum absolute atomic E-state index is 12.6. The van der Waals surface area contributed by atoms with Gasteiger partial charge in [-0.3, -0.25) is 9.79 Å². The van der Waals surface area contributed by atoms with E-state index in [1.54, 1.807) is 39.7 Å². The Bertz CT molecular complexity index is 906. The summed E-state index contributed by atoms with van der Waals surface area (Å²) in [7, 11) is 4.95. The van der Waals surface area contributed by atoms with Gasteiger partial charge in [-0.25, -0.2) is 9.97 Å². The van der Waals surface area contributed by atoms with Crippen molar-refractivity contribution in [3.63, 3.8) is 0 Å². The van der Waals surface area contributed by atoms with Crippen molar-refractivity contribution in [3.8, 4) is 11.5 Å². The van der Waals surface area contributed by atoms with Crippen LogP contribution in [0.25, 0.3) is 0 Å². The molecule has 0 saturated carbocycles. The molecular formula is C22H32IN7O3. The van der Waals surface area contributed by atoms with Gasteiger partial charge in [0.25, 0.3) is 0 Å². The fourth-order valence-electron chi connectivity index (χ4n) is 3.45. The predicted molar refractivity (Wildman–Crippen MR) is 139 cm³/mol. The zero-order valence-electron chi connectivity index (χ0n) is 19.3. The van der Waals surface area contributed by atoms with Gasteiger partial charge >= 0.3 is 0 Å². The lowest BCUT2D eigenvalue weighted by atomic mass is 10.2. The number of amides is 1. The number of carbonyl (C=O) groups excluding carboxylic acids is 1. The van der Waals surface area contributed by atoms with Gasteiger partial charge in [-0.15, -0.1) is 24.0 Å². The molecule has 1 amide bonds. The second-order valence-corrected chi connectivity index (χ2v) is 7.20. The van der Waals surface area contributed by atoms with E-state index < -0.39 is 0 Å². The maximum atomic E-state index is 12.6. The molecule has 10 nitrogen and oxygen atoms in total. The maximum Gasteiger partial charge on any atom is 0.225 e. The Morgan fingerprint density at radius 2 is 1.82 bits per heavy atom. The van der Waals surface area contributed by atoms with Crippen molar-refractivity contribution in [1.82, 2.24) is 25.5 Å². The number of methoxy groups -OCH3 is 2. The second-order valence-electron chi connectivity index (χ2n) is 7.20. The summed E-state index contributed by atoms with van der Waals surface area (Å²) in [5.74, 6) is 2.94. The van der Waals surface area contributed by atoms with Crippen molar-refractivity contribution in [2.24, 2.45) is 4.99 Å². The van der Waals surface area contributed by atoms with Crippen LogP contribution in [0.4, 0.5) is 5.95 Å². The molecule has 0 spiro atoms. The Morgan fingerprint density at radius 3 is 2.45 bits per heavy atom. The Balaban J connectivity index is 0.00000385. The summed E-state index contributed by atoms with van der Waals surface area (Å²) in [6.45, 7) is 3.83. The zero-order valence-corrected chi connectivity index (χ0v) is 21.6. The third-order valence-electron chi connectivity index (χ3n) is 5.26. The summed E-state index contributed by atoms with van der Waals surface area (Å²) in [6, 6.07) is 7.47. The van der Waals surface area contributed by atoms with Crippen LogP contribution in [0.2, 0.25) is 0 Å². The molecule has 11 heteroatoms. The molecule has 33 heavy (non-hydrogen) atoms. The SMILES string of the molecule is CN=C(NCCC(=O)N1CCN(c2ncccn2)CC1)NCc1ccc(OC)cc1OC.I. The third-order valence-corrected chi connectivity index (χ3v) is 5.26. The van der Waals surface area contributed by atoms with Crippen molar-refractivity contribution >= 4 is 41.8 Å². The lowest BCUT2D eigenvalue weighted by Gasteiger charge is -2.34. The molecule has 1 aliphatic rings. The molecule has 0 bridgehead atoms. The number of rotatable bonds is 8. The number of aromatic nitrogens is 2. The minimum atomic E-state index is 0. The number of nitrogens with one attached hydrogen (secondary N) is 2. The summed E-state index contributed by atoms with van der Waals surface area (Å²) in [5.41, 5.74) is 0.979. The molecule has 1 aliphatic heterocycles. The lowest BCUT2D eigenvalue weighted by molar-refractivity contribution is -0.131. The van der Waals surface area contributed by atoms with Gasteiger partial charge in [-0.2, -0.15) is 0 Å². The first-order chi connectivity index (χ1) is 15.6. The standard InChI is InChI=1S/C22H31N7O3.HI/c1-23-21(27-16-17-5-6-18(31-2)15-19(17)32-3)24-10-7-20(30)28-11-13-29(14-12-28)22-25-8-4-9-26-22;/h4-6,8-9,15H,7,10-14,16H2,1-3H3,(H2,23,24,27);1H. The number of carbonyl (C=O) groups is 1. The first-order valence-electron chi connectivity index (χ1n) is 10.6. The summed E-state index contributed by atoms with van der Waals surface area (Å²) < 4.78 is 10.7. The molecule has 1 aromatic carbocycles. The van der Waals surface area contributed by atoms with Crippen molar-refractivity contribution in [2.45, 2.75) is 13.0 Å². The van der Waals surface area contributed by atoms with Crippen LogP contribution >= 0.6 is 24.0 Å². The van der Waals surface area contributed by atoms with Crippen molar-refractivity contribution in [1.29, 1.82) is 0 Å². The minimum Gasteiger partial charge on any atom is -0.497 e. The molecule has 2 N–H and O–H groups in total. The number of guanidine groups is 1. The smallest absolute Gasteiger partial charge is 0.225 e. The van der Waals surface area contributed by atoms with Crippen LogP contribution in [-0.4, -0.2) is 80.7 Å². The molecule has 0 aliphatic carbocycles. The summed E-state index contributed by atoms with van der Waals surface area (Å²) in [5, 5.41) is 6.45. The Labute approximate surface area is 211 Å². The van der Waals surface area contributed by atoms with Gasteiger partial charge in [0.2, 0.25) is 11.9 Å². The van der Waals surface area contributed by atoms with Gasteiger partial charge in [-0.05, 0) is 18.2 Å². The van der Waals surface area contributed by atoms with Gasteiger partial charge < -0.3 is 29.9 Å². The average molecular weight is 569 g/mol. The van der Waals surface area contributed by atoms with Gasteiger partial charge in [0.15, 0.2) is 5.96 Å². The fourth-order valence-corrected chi connectivity index (χ4v) is 3.45. The number of anilines is 1. The lowest BCUT2D eigenvalue weighted by Crippen LogP contribution is -2.50. The number of hydrogen-bond donors (Lipinski definition) is 2. The largest absolute Gasteiger partial charge is 0.497 e. The van der Waals surface area contributed by atoms with Crippen molar-refractivity contribution < 1.29 is 14.3 Å². The molecule has 180 valence electrons. The van der Waals surface area contributed by atoms with E-state index >= 15 is 0 Å². The summed E-state index contributed by atoms with van der Waals surface area (Å²) in [4.78, 5) is 29.4. The van der Waals surface area contributed by atoms with E-state index in [0.29, 0.717) is 44.5 Å². The Kier molecular flexibility index (Phi) is 10.9. The molecule has 1 fully saturated rings. The third kappa shape index (κ3) is 7.62. The monoisotopic (exact) mass is 569 g/mol. The van der Waals surface area contributed by atoms with Crippen LogP contribution in [0, 0.1) is 0 Å². The molecular weight excluding hydrogens is 537 g/mol. The van der Waals surface area contributed by atoms with Crippen LogP contribution in [-0.2, 0) is 11.3 Å².